The second kappa shape index (κ2) is 6.71. The predicted octanol–water partition coefficient (Wildman–Crippen LogP) is 2.13. The lowest BCUT2D eigenvalue weighted by Gasteiger charge is -2.20. The van der Waals surface area contributed by atoms with Crippen molar-refractivity contribution in [1.82, 2.24) is 15.6 Å². The molecule has 100 valence electrons. The van der Waals surface area contributed by atoms with E-state index in [4.69, 9.17) is 11.6 Å². The fourth-order valence-electron chi connectivity index (χ4n) is 1.45. The minimum atomic E-state index is -0.175. The Morgan fingerprint density at radius 3 is 2.78 bits per heavy atom. The van der Waals surface area contributed by atoms with E-state index in [2.05, 4.69) is 15.6 Å². The zero-order chi connectivity index (χ0) is 13.6. The first-order valence-electron chi connectivity index (χ1n) is 5.98. The molecule has 0 aliphatic rings. The fourth-order valence-corrected chi connectivity index (χ4v) is 1.64. The van der Waals surface area contributed by atoms with Crippen LogP contribution >= 0.6 is 11.6 Å². The van der Waals surface area contributed by atoms with Crippen molar-refractivity contribution in [1.29, 1.82) is 0 Å². The Morgan fingerprint density at radius 2 is 2.17 bits per heavy atom. The lowest BCUT2D eigenvalue weighted by molar-refractivity contribution is -0.122. The second-order valence-corrected chi connectivity index (χ2v) is 5.60. The standard InChI is InChI=1S/C13H20ClN3O/c1-13(2,3)17-12(18)5-7-15-8-10-4-6-16-9-11(10)14/h4,6,9,15H,5,7-8H2,1-3H3,(H,17,18). The third kappa shape index (κ3) is 5.98. The number of nitrogens with one attached hydrogen (secondary N) is 2. The Labute approximate surface area is 113 Å². The van der Waals surface area contributed by atoms with Gasteiger partial charge in [-0.05, 0) is 32.4 Å². The van der Waals surface area contributed by atoms with Crippen molar-refractivity contribution in [2.75, 3.05) is 6.54 Å². The number of hydrogen-bond donors (Lipinski definition) is 2. The van der Waals surface area contributed by atoms with E-state index in [-0.39, 0.29) is 11.4 Å². The molecular formula is C13H20ClN3O. The summed E-state index contributed by atoms with van der Waals surface area (Å²) in [7, 11) is 0. The van der Waals surface area contributed by atoms with Crippen molar-refractivity contribution < 1.29 is 4.79 Å². The van der Waals surface area contributed by atoms with Crippen molar-refractivity contribution in [3.05, 3.63) is 29.0 Å². The lowest BCUT2D eigenvalue weighted by atomic mass is 10.1. The molecular weight excluding hydrogens is 250 g/mol. The zero-order valence-electron chi connectivity index (χ0n) is 11.1. The molecule has 0 fully saturated rings. The van der Waals surface area contributed by atoms with Crippen LogP contribution in [0.1, 0.15) is 32.8 Å². The van der Waals surface area contributed by atoms with Crippen molar-refractivity contribution in [2.45, 2.75) is 39.3 Å². The second-order valence-electron chi connectivity index (χ2n) is 5.19. The fraction of sp³-hybridized carbons (Fsp3) is 0.538. The van der Waals surface area contributed by atoms with Crippen LogP contribution in [0, 0.1) is 0 Å². The average Bonchev–Trinajstić information content (AvgIpc) is 2.24. The number of carbonyl (C=O) groups is 1. The van der Waals surface area contributed by atoms with E-state index in [1.807, 2.05) is 26.8 Å². The summed E-state index contributed by atoms with van der Waals surface area (Å²) in [6.45, 7) is 7.17. The highest BCUT2D eigenvalue weighted by Crippen LogP contribution is 2.12. The molecule has 0 spiro atoms. The summed E-state index contributed by atoms with van der Waals surface area (Å²) in [6.07, 6.45) is 3.78. The molecule has 4 nitrogen and oxygen atoms in total. The van der Waals surface area contributed by atoms with E-state index in [0.717, 1.165) is 5.56 Å². The minimum absolute atomic E-state index is 0.0517. The number of rotatable bonds is 5. The molecule has 1 heterocycles. The van der Waals surface area contributed by atoms with Crippen LogP contribution in [-0.2, 0) is 11.3 Å². The number of hydrogen-bond acceptors (Lipinski definition) is 3. The first kappa shape index (κ1) is 14.9. The van der Waals surface area contributed by atoms with Gasteiger partial charge < -0.3 is 10.6 Å². The van der Waals surface area contributed by atoms with Crippen LogP contribution < -0.4 is 10.6 Å². The van der Waals surface area contributed by atoms with E-state index in [9.17, 15) is 4.79 Å². The van der Waals surface area contributed by atoms with Gasteiger partial charge in [0, 0.05) is 37.4 Å². The van der Waals surface area contributed by atoms with Crippen LogP contribution in [0.2, 0.25) is 5.02 Å². The molecule has 0 aromatic carbocycles. The van der Waals surface area contributed by atoms with Crippen molar-refractivity contribution >= 4 is 17.5 Å². The van der Waals surface area contributed by atoms with Gasteiger partial charge in [0.15, 0.2) is 0 Å². The van der Waals surface area contributed by atoms with Gasteiger partial charge in [0.05, 0.1) is 5.02 Å². The van der Waals surface area contributed by atoms with E-state index in [1.165, 1.54) is 0 Å². The minimum Gasteiger partial charge on any atom is -0.351 e. The van der Waals surface area contributed by atoms with Crippen LogP contribution in [0.4, 0.5) is 0 Å². The Kier molecular flexibility index (Phi) is 5.56. The Hall–Kier alpha value is -1.13. The van der Waals surface area contributed by atoms with Crippen LogP contribution in [0.25, 0.3) is 0 Å². The quantitative estimate of drug-likeness (QED) is 0.805. The van der Waals surface area contributed by atoms with Gasteiger partial charge in [-0.15, -0.1) is 0 Å². The summed E-state index contributed by atoms with van der Waals surface area (Å²) in [5.74, 6) is 0.0517. The van der Waals surface area contributed by atoms with Gasteiger partial charge in [-0.25, -0.2) is 0 Å². The van der Waals surface area contributed by atoms with E-state index >= 15 is 0 Å². The molecule has 0 radical (unpaired) electrons. The number of amides is 1. The molecule has 1 aromatic heterocycles. The van der Waals surface area contributed by atoms with E-state index in [1.54, 1.807) is 12.4 Å². The summed E-state index contributed by atoms with van der Waals surface area (Å²) >= 11 is 5.97. The summed E-state index contributed by atoms with van der Waals surface area (Å²) in [5, 5.41) is 6.74. The first-order chi connectivity index (χ1) is 8.38. The molecule has 0 bridgehead atoms. The number of aromatic nitrogens is 1. The molecule has 0 unspecified atom stereocenters. The smallest absolute Gasteiger partial charge is 0.221 e. The maximum Gasteiger partial charge on any atom is 0.221 e. The molecule has 0 saturated heterocycles. The number of pyridine rings is 1. The maximum absolute atomic E-state index is 11.5. The molecule has 0 saturated carbocycles. The van der Waals surface area contributed by atoms with Gasteiger partial charge in [-0.3, -0.25) is 9.78 Å². The molecule has 0 atom stereocenters. The van der Waals surface area contributed by atoms with Crippen LogP contribution in [-0.4, -0.2) is 23.0 Å². The summed E-state index contributed by atoms with van der Waals surface area (Å²) in [5.41, 5.74) is 0.814. The third-order valence-electron chi connectivity index (χ3n) is 2.22. The van der Waals surface area contributed by atoms with Crippen molar-refractivity contribution in [3.8, 4) is 0 Å². The molecule has 1 amide bonds. The van der Waals surface area contributed by atoms with Crippen molar-refractivity contribution in [3.63, 3.8) is 0 Å². The largest absolute Gasteiger partial charge is 0.351 e. The molecule has 2 N–H and O–H groups in total. The topological polar surface area (TPSA) is 54.0 Å². The van der Waals surface area contributed by atoms with Gasteiger partial charge in [0.1, 0.15) is 0 Å². The van der Waals surface area contributed by atoms with Crippen LogP contribution in [0.15, 0.2) is 18.5 Å². The summed E-state index contributed by atoms with van der Waals surface area (Å²) in [6, 6.07) is 1.87. The third-order valence-corrected chi connectivity index (χ3v) is 2.56. The Balaban J connectivity index is 2.23. The maximum atomic E-state index is 11.5. The summed E-state index contributed by atoms with van der Waals surface area (Å²) < 4.78 is 0. The SMILES string of the molecule is CC(C)(C)NC(=O)CCNCc1ccncc1Cl. The van der Waals surface area contributed by atoms with E-state index in [0.29, 0.717) is 24.5 Å². The molecule has 0 aliphatic carbocycles. The Morgan fingerprint density at radius 1 is 1.44 bits per heavy atom. The molecule has 1 aromatic rings. The van der Waals surface area contributed by atoms with Gasteiger partial charge in [0.2, 0.25) is 5.91 Å². The van der Waals surface area contributed by atoms with Gasteiger partial charge in [0.25, 0.3) is 0 Å². The average molecular weight is 270 g/mol. The normalized spacial score (nSPS) is 11.3. The highest BCUT2D eigenvalue weighted by molar-refractivity contribution is 6.31. The predicted molar refractivity (Wildman–Crippen MR) is 73.5 cm³/mol. The first-order valence-corrected chi connectivity index (χ1v) is 6.36. The van der Waals surface area contributed by atoms with Gasteiger partial charge in [-0.1, -0.05) is 11.6 Å². The molecule has 18 heavy (non-hydrogen) atoms. The number of halogens is 1. The number of carbonyl (C=O) groups excluding carboxylic acids is 1. The molecule has 0 aliphatic heterocycles. The zero-order valence-corrected chi connectivity index (χ0v) is 11.8. The molecule has 1 rings (SSSR count). The van der Waals surface area contributed by atoms with Crippen LogP contribution in [0.5, 0.6) is 0 Å². The van der Waals surface area contributed by atoms with Crippen molar-refractivity contribution in [2.24, 2.45) is 0 Å². The highest BCUT2D eigenvalue weighted by atomic mass is 35.5. The van der Waals surface area contributed by atoms with Gasteiger partial charge in [-0.2, -0.15) is 0 Å². The highest BCUT2D eigenvalue weighted by Gasteiger charge is 2.12. The monoisotopic (exact) mass is 269 g/mol. The number of nitrogens with zero attached hydrogens (tertiary/aromatic N) is 1. The molecule has 5 heteroatoms. The van der Waals surface area contributed by atoms with Crippen LogP contribution in [0.3, 0.4) is 0 Å². The Bertz CT molecular complexity index is 401. The summed E-state index contributed by atoms with van der Waals surface area (Å²) in [4.78, 5) is 15.5. The van der Waals surface area contributed by atoms with Gasteiger partial charge >= 0.3 is 0 Å². The lowest BCUT2D eigenvalue weighted by Crippen LogP contribution is -2.41. The van der Waals surface area contributed by atoms with E-state index < -0.39 is 0 Å².